The summed E-state index contributed by atoms with van der Waals surface area (Å²) in [6.07, 6.45) is -0.382. The van der Waals surface area contributed by atoms with Gasteiger partial charge >= 0.3 is 0 Å². The molecule has 138 valence electrons. The summed E-state index contributed by atoms with van der Waals surface area (Å²) in [7, 11) is 0. The van der Waals surface area contributed by atoms with Crippen molar-refractivity contribution in [1.82, 2.24) is 4.90 Å². The summed E-state index contributed by atoms with van der Waals surface area (Å²) in [5, 5.41) is 9.36. The van der Waals surface area contributed by atoms with E-state index in [1.165, 1.54) is 12.1 Å². The van der Waals surface area contributed by atoms with Crippen molar-refractivity contribution in [1.29, 1.82) is 0 Å². The molecule has 1 amide bonds. The number of ether oxygens (including phenoxy) is 1. The average molecular weight is 357 g/mol. The number of hydrogen-bond acceptors (Lipinski definition) is 3. The maximum atomic E-state index is 13.7. The number of nitrogens with zero attached hydrogens (tertiary/aromatic N) is 1. The van der Waals surface area contributed by atoms with Crippen molar-refractivity contribution in [3.05, 3.63) is 65.5 Å². The predicted molar refractivity (Wildman–Crippen MR) is 97.5 cm³/mol. The first-order valence-corrected chi connectivity index (χ1v) is 8.74. The van der Waals surface area contributed by atoms with Gasteiger partial charge in [-0.05, 0) is 29.2 Å². The van der Waals surface area contributed by atoms with Crippen molar-refractivity contribution in [3.8, 4) is 5.75 Å². The Balaban J connectivity index is 1.89. The third-order valence-corrected chi connectivity index (χ3v) is 4.72. The van der Waals surface area contributed by atoms with Crippen LogP contribution in [-0.4, -0.2) is 35.1 Å². The van der Waals surface area contributed by atoms with Gasteiger partial charge < -0.3 is 14.7 Å². The third-order valence-electron chi connectivity index (χ3n) is 4.72. The number of amides is 1. The Morgan fingerprint density at radius 2 is 1.85 bits per heavy atom. The van der Waals surface area contributed by atoms with Gasteiger partial charge in [0.2, 0.25) is 0 Å². The Morgan fingerprint density at radius 1 is 1.15 bits per heavy atom. The standard InChI is InChI=1S/C21H24FNO3/c1-21(2,3)19-13-23(12-18(26-19)14-7-5-4-6-8-14)20(25)15-9-10-17(24)16(22)11-15/h4-11,18-19,24H,12-13H2,1-3H3/t18-,19+/m0/s1. The lowest BCUT2D eigenvalue weighted by atomic mass is 9.87. The van der Waals surface area contributed by atoms with Crippen LogP contribution in [0.1, 0.15) is 42.8 Å². The Kier molecular flexibility index (Phi) is 5.01. The second-order valence-electron chi connectivity index (χ2n) is 7.77. The molecule has 0 radical (unpaired) electrons. The van der Waals surface area contributed by atoms with Crippen LogP contribution in [0, 0.1) is 11.2 Å². The minimum atomic E-state index is -0.795. The number of halogens is 1. The summed E-state index contributed by atoms with van der Waals surface area (Å²) in [6, 6.07) is 13.5. The van der Waals surface area contributed by atoms with Gasteiger partial charge in [-0.25, -0.2) is 4.39 Å². The lowest BCUT2D eigenvalue weighted by Gasteiger charge is -2.43. The molecule has 1 saturated heterocycles. The van der Waals surface area contributed by atoms with Crippen LogP contribution in [0.2, 0.25) is 0 Å². The predicted octanol–water partition coefficient (Wildman–Crippen LogP) is 4.16. The fraction of sp³-hybridized carbons (Fsp3) is 0.381. The zero-order chi connectivity index (χ0) is 18.9. The average Bonchev–Trinajstić information content (AvgIpc) is 2.63. The first-order chi connectivity index (χ1) is 12.3. The monoisotopic (exact) mass is 357 g/mol. The molecule has 0 unspecified atom stereocenters. The van der Waals surface area contributed by atoms with Crippen LogP contribution >= 0.6 is 0 Å². The van der Waals surface area contributed by atoms with Gasteiger partial charge in [0.05, 0.1) is 12.6 Å². The number of rotatable bonds is 2. The van der Waals surface area contributed by atoms with Crippen LogP contribution < -0.4 is 0 Å². The zero-order valence-corrected chi connectivity index (χ0v) is 15.3. The molecule has 0 aliphatic carbocycles. The summed E-state index contributed by atoms with van der Waals surface area (Å²) in [5.74, 6) is -1.52. The highest BCUT2D eigenvalue weighted by Gasteiger charge is 2.37. The van der Waals surface area contributed by atoms with Gasteiger partial charge in [-0.3, -0.25) is 4.79 Å². The molecule has 0 saturated carbocycles. The summed E-state index contributed by atoms with van der Waals surface area (Å²) < 4.78 is 20.0. The van der Waals surface area contributed by atoms with E-state index in [0.717, 1.165) is 11.6 Å². The maximum absolute atomic E-state index is 13.7. The summed E-state index contributed by atoms with van der Waals surface area (Å²) >= 11 is 0. The van der Waals surface area contributed by atoms with Gasteiger partial charge in [0.25, 0.3) is 5.91 Å². The third kappa shape index (κ3) is 3.88. The summed E-state index contributed by atoms with van der Waals surface area (Å²) in [6.45, 7) is 7.07. The number of phenols is 1. The number of hydrogen-bond donors (Lipinski definition) is 1. The molecule has 5 heteroatoms. The molecule has 3 rings (SSSR count). The normalized spacial score (nSPS) is 20.8. The number of phenolic OH excluding ortho intramolecular Hbond substituents is 1. The number of morpholine rings is 1. The number of carbonyl (C=O) groups excluding carboxylic acids is 1. The quantitative estimate of drug-likeness (QED) is 0.878. The van der Waals surface area contributed by atoms with E-state index in [2.05, 4.69) is 20.8 Å². The molecule has 1 N–H and O–H groups in total. The van der Waals surface area contributed by atoms with Gasteiger partial charge in [0.1, 0.15) is 6.10 Å². The van der Waals surface area contributed by atoms with Crippen LogP contribution in [0.25, 0.3) is 0 Å². The van der Waals surface area contributed by atoms with Crippen LogP contribution in [0.3, 0.4) is 0 Å². The van der Waals surface area contributed by atoms with E-state index in [1.807, 2.05) is 30.3 Å². The SMILES string of the molecule is CC(C)(C)[C@H]1CN(C(=O)c2ccc(O)c(F)c2)C[C@@H](c2ccccc2)O1. The number of benzene rings is 2. The van der Waals surface area contributed by atoms with Crippen molar-refractivity contribution >= 4 is 5.91 Å². The molecule has 1 aliphatic heterocycles. The molecule has 1 heterocycles. The Morgan fingerprint density at radius 3 is 2.46 bits per heavy atom. The summed E-state index contributed by atoms with van der Waals surface area (Å²) in [4.78, 5) is 14.6. The molecule has 1 aliphatic rings. The van der Waals surface area contributed by atoms with E-state index in [9.17, 15) is 14.3 Å². The van der Waals surface area contributed by atoms with E-state index in [4.69, 9.17) is 4.74 Å². The van der Waals surface area contributed by atoms with Gasteiger partial charge in [0, 0.05) is 12.1 Å². The topological polar surface area (TPSA) is 49.8 Å². The van der Waals surface area contributed by atoms with Crippen LogP contribution in [0.15, 0.2) is 48.5 Å². The molecular formula is C21H24FNO3. The number of aromatic hydroxyl groups is 1. The maximum Gasteiger partial charge on any atom is 0.254 e. The van der Waals surface area contributed by atoms with Crippen LogP contribution in [0.4, 0.5) is 4.39 Å². The molecule has 0 aromatic heterocycles. The molecule has 2 atom stereocenters. The lowest BCUT2D eigenvalue weighted by molar-refractivity contribution is -0.119. The molecule has 0 spiro atoms. The van der Waals surface area contributed by atoms with E-state index in [0.29, 0.717) is 13.1 Å². The van der Waals surface area contributed by atoms with Crippen molar-refractivity contribution < 1.29 is 19.0 Å². The Hall–Kier alpha value is -2.40. The minimum Gasteiger partial charge on any atom is -0.505 e. The van der Waals surface area contributed by atoms with Crippen LogP contribution in [-0.2, 0) is 4.74 Å². The highest BCUT2D eigenvalue weighted by atomic mass is 19.1. The van der Waals surface area contributed by atoms with E-state index in [-0.39, 0.29) is 29.1 Å². The van der Waals surface area contributed by atoms with Crippen LogP contribution in [0.5, 0.6) is 5.75 Å². The molecule has 0 bridgehead atoms. The Bertz CT molecular complexity index is 786. The molecule has 4 nitrogen and oxygen atoms in total. The molecule has 26 heavy (non-hydrogen) atoms. The smallest absolute Gasteiger partial charge is 0.254 e. The van der Waals surface area contributed by atoms with Crippen molar-refractivity contribution in [3.63, 3.8) is 0 Å². The minimum absolute atomic E-state index is 0.146. The largest absolute Gasteiger partial charge is 0.505 e. The lowest BCUT2D eigenvalue weighted by Crippen LogP contribution is -2.51. The van der Waals surface area contributed by atoms with Gasteiger partial charge in [-0.15, -0.1) is 0 Å². The highest BCUT2D eigenvalue weighted by molar-refractivity contribution is 5.94. The molecule has 2 aromatic carbocycles. The fourth-order valence-corrected chi connectivity index (χ4v) is 3.08. The summed E-state index contributed by atoms with van der Waals surface area (Å²) in [5.41, 5.74) is 1.09. The van der Waals surface area contributed by atoms with Crippen molar-refractivity contribution in [2.75, 3.05) is 13.1 Å². The van der Waals surface area contributed by atoms with E-state index in [1.54, 1.807) is 4.90 Å². The molecule has 2 aromatic rings. The van der Waals surface area contributed by atoms with Crippen molar-refractivity contribution in [2.45, 2.75) is 33.0 Å². The first kappa shape index (κ1) is 18.4. The van der Waals surface area contributed by atoms with E-state index < -0.39 is 11.6 Å². The molecule has 1 fully saturated rings. The van der Waals surface area contributed by atoms with E-state index >= 15 is 0 Å². The van der Waals surface area contributed by atoms with Gasteiger partial charge in [-0.1, -0.05) is 51.1 Å². The highest BCUT2D eigenvalue weighted by Crippen LogP contribution is 2.34. The number of carbonyl (C=O) groups is 1. The van der Waals surface area contributed by atoms with Gasteiger partial charge in [0.15, 0.2) is 11.6 Å². The van der Waals surface area contributed by atoms with Crippen molar-refractivity contribution in [2.24, 2.45) is 5.41 Å². The van der Waals surface area contributed by atoms with Gasteiger partial charge in [-0.2, -0.15) is 0 Å². The first-order valence-electron chi connectivity index (χ1n) is 8.74. The second kappa shape index (κ2) is 7.08. The fourth-order valence-electron chi connectivity index (χ4n) is 3.08. The zero-order valence-electron chi connectivity index (χ0n) is 15.3. The molecular weight excluding hydrogens is 333 g/mol. The Labute approximate surface area is 153 Å². The second-order valence-corrected chi connectivity index (χ2v) is 7.77.